The Morgan fingerprint density at radius 1 is 1.57 bits per heavy atom. The Balaban J connectivity index is 3.38. The van der Waals surface area contributed by atoms with Crippen LogP contribution < -0.4 is 4.74 Å². The molecule has 0 spiro atoms. The van der Waals surface area contributed by atoms with Crippen LogP contribution in [0.1, 0.15) is 10.4 Å². The largest absolute Gasteiger partial charge is 0.490 e. The van der Waals surface area contributed by atoms with Crippen molar-refractivity contribution in [1.82, 2.24) is 0 Å². The number of benzene rings is 1. The molecule has 0 N–H and O–H groups in total. The van der Waals surface area contributed by atoms with E-state index in [0.717, 1.165) is 0 Å². The van der Waals surface area contributed by atoms with E-state index in [0.29, 0.717) is 16.3 Å². The van der Waals surface area contributed by atoms with Crippen LogP contribution in [0, 0.1) is 10.1 Å². The van der Waals surface area contributed by atoms with Crippen molar-refractivity contribution in [3.05, 3.63) is 32.3 Å². The molecule has 0 aromatic heterocycles. The van der Waals surface area contributed by atoms with E-state index in [1.807, 2.05) is 0 Å². The molecule has 1 aromatic rings. The molecule has 0 saturated carbocycles. The van der Waals surface area contributed by atoms with Crippen molar-refractivity contribution in [2.75, 3.05) is 7.11 Å². The number of halogens is 1. The zero-order valence-electron chi connectivity index (χ0n) is 7.19. The van der Waals surface area contributed by atoms with Gasteiger partial charge in [0.2, 0.25) is 0 Å². The van der Waals surface area contributed by atoms with E-state index in [2.05, 4.69) is 15.9 Å². The number of nitro benzene ring substituents is 1. The van der Waals surface area contributed by atoms with E-state index in [1.54, 1.807) is 0 Å². The molecule has 0 heterocycles. The Labute approximate surface area is 88.0 Å². The van der Waals surface area contributed by atoms with Gasteiger partial charge in [-0.05, 0) is 22.0 Å². The van der Waals surface area contributed by atoms with Gasteiger partial charge in [0.05, 0.1) is 12.0 Å². The summed E-state index contributed by atoms with van der Waals surface area (Å²) in [7, 11) is 1.31. The van der Waals surface area contributed by atoms with Crippen LogP contribution in [0.2, 0.25) is 0 Å². The van der Waals surface area contributed by atoms with Crippen LogP contribution >= 0.6 is 15.9 Å². The molecule has 5 nitrogen and oxygen atoms in total. The first-order valence-electron chi connectivity index (χ1n) is 3.57. The van der Waals surface area contributed by atoms with Crippen molar-refractivity contribution in [2.45, 2.75) is 0 Å². The third kappa shape index (κ3) is 1.90. The van der Waals surface area contributed by atoms with Crippen LogP contribution in [0.15, 0.2) is 16.6 Å². The van der Waals surface area contributed by atoms with Crippen molar-refractivity contribution in [3.8, 4) is 5.75 Å². The molecule has 0 radical (unpaired) electrons. The fourth-order valence-corrected chi connectivity index (χ4v) is 1.38. The molecule has 0 aliphatic heterocycles. The maximum Gasteiger partial charge on any atom is 0.312 e. The zero-order valence-corrected chi connectivity index (χ0v) is 8.78. The number of carbonyl (C=O) groups is 1. The molecule has 0 saturated heterocycles. The monoisotopic (exact) mass is 259 g/mol. The molecule has 1 aromatic carbocycles. The molecule has 6 heteroatoms. The molecule has 0 bridgehead atoms. The van der Waals surface area contributed by atoms with Gasteiger partial charge in [-0.2, -0.15) is 0 Å². The number of nitro groups is 1. The van der Waals surface area contributed by atoms with Gasteiger partial charge in [0.1, 0.15) is 0 Å². The average Bonchev–Trinajstić information content (AvgIpc) is 2.17. The fourth-order valence-electron chi connectivity index (χ4n) is 0.955. The second-order valence-corrected chi connectivity index (χ2v) is 3.27. The Morgan fingerprint density at radius 2 is 2.21 bits per heavy atom. The Kier molecular flexibility index (Phi) is 3.19. The number of rotatable bonds is 3. The third-order valence-corrected chi connectivity index (χ3v) is 2.31. The average molecular weight is 260 g/mol. The first-order valence-corrected chi connectivity index (χ1v) is 4.36. The summed E-state index contributed by atoms with van der Waals surface area (Å²) in [5.74, 6) is 0.0697. The highest BCUT2D eigenvalue weighted by Gasteiger charge is 2.17. The lowest BCUT2D eigenvalue weighted by atomic mass is 10.2. The Morgan fingerprint density at radius 3 is 2.64 bits per heavy atom. The van der Waals surface area contributed by atoms with Crippen LogP contribution in [0.5, 0.6) is 5.75 Å². The third-order valence-electron chi connectivity index (χ3n) is 1.62. The van der Waals surface area contributed by atoms with E-state index in [1.165, 1.54) is 19.2 Å². The van der Waals surface area contributed by atoms with Gasteiger partial charge in [0, 0.05) is 16.1 Å². The topological polar surface area (TPSA) is 69.4 Å². The number of hydrogen-bond donors (Lipinski definition) is 0. The van der Waals surface area contributed by atoms with Gasteiger partial charge in [0.15, 0.2) is 12.0 Å². The van der Waals surface area contributed by atoms with Gasteiger partial charge >= 0.3 is 5.69 Å². The summed E-state index contributed by atoms with van der Waals surface area (Å²) in [6.45, 7) is 0. The Bertz CT molecular complexity index is 391. The maximum absolute atomic E-state index is 10.5. The lowest BCUT2D eigenvalue weighted by Crippen LogP contribution is -1.95. The summed E-state index contributed by atoms with van der Waals surface area (Å²) in [4.78, 5) is 20.5. The summed E-state index contributed by atoms with van der Waals surface area (Å²) >= 11 is 3.05. The van der Waals surface area contributed by atoms with Crippen molar-refractivity contribution in [3.63, 3.8) is 0 Å². The van der Waals surface area contributed by atoms with E-state index in [4.69, 9.17) is 4.74 Å². The summed E-state index contributed by atoms with van der Waals surface area (Å²) in [6, 6.07) is 2.55. The van der Waals surface area contributed by atoms with Crippen molar-refractivity contribution < 1.29 is 14.5 Å². The maximum atomic E-state index is 10.5. The smallest absolute Gasteiger partial charge is 0.312 e. The van der Waals surface area contributed by atoms with Gasteiger partial charge in [-0.3, -0.25) is 14.9 Å². The van der Waals surface area contributed by atoms with E-state index >= 15 is 0 Å². The summed E-state index contributed by atoms with van der Waals surface area (Å²) in [6.07, 6.45) is 0.594. The van der Waals surface area contributed by atoms with E-state index in [9.17, 15) is 14.9 Å². The van der Waals surface area contributed by atoms with Crippen LogP contribution in [0.4, 0.5) is 5.69 Å². The predicted molar refractivity (Wildman–Crippen MR) is 52.7 cm³/mol. The van der Waals surface area contributed by atoms with Crippen LogP contribution in [-0.4, -0.2) is 18.3 Å². The summed E-state index contributed by atoms with van der Waals surface area (Å²) < 4.78 is 5.16. The molecular formula is C8H6BrNO4. The molecule has 74 valence electrons. The normalized spacial score (nSPS) is 9.57. The van der Waals surface area contributed by atoms with Crippen molar-refractivity contribution >= 4 is 27.9 Å². The minimum Gasteiger partial charge on any atom is -0.490 e. The van der Waals surface area contributed by atoms with Crippen LogP contribution in [0.3, 0.4) is 0 Å². The summed E-state index contributed by atoms with van der Waals surface area (Å²) in [5.41, 5.74) is 0.137. The Hall–Kier alpha value is -1.43. The van der Waals surface area contributed by atoms with Crippen molar-refractivity contribution in [2.24, 2.45) is 0 Å². The van der Waals surface area contributed by atoms with Gasteiger partial charge in [-0.25, -0.2) is 0 Å². The molecule has 0 aliphatic carbocycles. The van der Waals surface area contributed by atoms with E-state index < -0.39 is 4.92 Å². The highest BCUT2D eigenvalue weighted by Crippen LogP contribution is 2.32. The van der Waals surface area contributed by atoms with Gasteiger partial charge < -0.3 is 4.74 Å². The standard InChI is InChI=1S/C8H6BrNO4/c1-14-8-2-5(4-11)6(9)3-7(8)10(12)13/h2-4H,1H3. The van der Waals surface area contributed by atoms with E-state index in [-0.39, 0.29) is 11.4 Å². The quantitative estimate of drug-likeness (QED) is 0.474. The van der Waals surface area contributed by atoms with Crippen molar-refractivity contribution in [1.29, 1.82) is 0 Å². The minimum atomic E-state index is -0.571. The van der Waals surface area contributed by atoms with Crippen LogP contribution in [0.25, 0.3) is 0 Å². The molecule has 1 rings (SSSR count). The second-order valence-electron chi connectivity index (χ2n) is 2.42. The molecule has 0 fully saturated rings. The highest BCUT2D eigenvalue weighted by atomic mass is 79.9. The number of ether oxygens (including phenoxy) is 1. The molecular weight excluding hydrogens is 254 g/mol. The number of carbonyl (C=O) groups excluding carboxylic acids is 1. The SMILES string of the molecule is COc1cc(C=O)c(Br)cc1[N+](=O)[O-]. The molecule has 0 unspecified atom stereocenters. The van der Waals surface area contributed by atoms with Gasteiger partial charge in [-0.1, -0.05) is 0 Å². The number of hydrogen-bond acceptors (Lipinski definition) is 4. The van der Waals surface area contributed by atoms with Gasteiger partial charge in [0.25, 0.3) is 0 Å². The lowest BCUT2D eigenvalue weighted by molar-refractivity contribution is -0.385. The number of aldehydes is 1. The predicted octanol–water partition coefficient (Wildman–Crippen LogP) is 2.18. The number of methoxy groups -OCH3 is 1. The van der Waals surface area contributed by atoms with Gasteiger partial charge in [-0.15, -0.1) is 0 Å². The lowest BCUT2D eigenvalue weighted by Gasteiger charge is -2.03. The first-order chi connectivity index (χ1) is 6.60. The zero-order chi connectivity index (χ0) is 10.7. The molecule has 14 heavy (non-hydrogen) atoms. The number of nitrogens with zero attached hydrogens (tertiary/aromatic N) is 1. The van der Waals surface area contributed by atoms with Crippen LogP contribution in [-0.2, 0) is 0 Å². The molecule has 0 atom stereocenters. The second kappa shape index (κ2) is 4.19. The fraction of sp³-hybridized carbons (Fsp3) is 0.125. The minimum absolute atomic E-state index is 0.0697. The summed E-state index contributed by atoms with van der Waals surface area (Å²) in [5, 5.41) is 10.5. The molecule has 0 aliphatic rings. The first kappa shape index (κ1) is 10.6. The molecule has 0 amide bonds. The highest BCUT2D eigenvalue weighted by molar-refractivity contribution is 9.10.